The first kappa shape index (κ1) is 22.4. The quantitative estimate of drug-likeness (QED) is 0.717. The predicted octanol–water partition coefficient (Wildman–Crippen LogP) is 4.40. The van der Waals surface area contributed by atoms with Gasteiger partial charge in [-0.3, -0.25) is 4.79 Å². The molecule has 2 aromatic carbocycles. The molecule has 0 radical (unpaired) electrons. The lowest BCUT2D eigenvalue weighted by Crippen LogP contribution is -2.29. The van der Waals surface area contributed by atoms with Gasteiger partial charge in [-0.05, 0) is 55.3 Å². The normalized spacial score (nSPS) is 28.1. The van der Waals surface area contributed by atoms with Gasteiger partial charge in [0.25, 0.3) is 0 Å². The van der Waals surface area contributed by atoms with E-state index in [0.717, 1.165) is 47.0 Å². The molecule has 0 aromatic heterocycles. The minimum atomic E-state index is -1.25. The number of para-hydroxylation sites is 2. The molecule has 5 heteroatoms. The largest absolute Gasteiger partial charge is 0.391 e. The maximum Gasteiger partial charge on any atom is 0.171 e. The van der Waals surface area contributed by atoms with Gasteiger partial charge in [-0.25, -0.2) is 0 Å². The fourth-order valence-corrected chi connectivity index (χ4v) is 5.29. The Morgan fingerprint density at radius 3 is 1.79 bits per heavy atom. The number of nitrogens with zero attached hydrogens (tertiary/aromatic N) is 2. The number of fused-ring (bicyclic) bond motifs is 2. The van der Waals surface area contributed by atoms with Crippen LogP contribution in [0.25, 0.3) is 12.2 Å². The van der Waals surface area contributed by atoms with E-state index < -0.39 is 24.0 Å². The van der Waals surface area contributed by atoms with Crippen LogP contribution in [0.4, 0.5) is 11.4 Å². The molecule has 174 valence electrons. The molecule has 1 aliphatic carbocycles. The monoisotopic (exact) mass is 454 g/mol. The molecule has 2 heterocycles. The smallest absolute Gasteiger partial charge is 0.171 e. The number of aliphatic hydroxyl groups excluding tert-OH is 2. The molecule has 1 fully saturated rings. The van der Waals surface area contributed by atoms with Crippen LogP contribution in [-0.2, 0) is 4.79 Å². The summed E-state index contributed by atoms with van der Waals surface area (Å²) in [6, 6.07) is 16.2. The molecule has 4 atom stereocenters. The Kier molecular flexibility index (Phi) is 5.98. The van der Waals surface area contributed by atoms with Crippen LogP contribution >= 0.6 is 0 Å². The SMILES string of the molecule is CCN1/C(=C/C2C(=O)C(O)C(/C=C3\C=Cc4ccccc4N3CC)C2O)C=Cc2ccccc21. The molecule has 0 bridgehead atoms. The molecular formula is C29H30N2O3. The van der Waals surface area contributed by atoms with E-state index in [-0.39, 0.29) is 5.78 Å². The number of ketones is 1. The van der Waals surface area contributed by atoms with Crippen molar-refractivity contribution in [1.29, 1.82) is 0 Å². The Labute approximate surface area is 200 Å². The van der Waals surface area contributed by atoms with Gasteiger partial charge in [0.05, 0.1) is 12.0 Å². The molecule has 0 amide bonds. The first-order chi connectivity index (χ1) is 16.5. The van der Waals surface area contributed by atoms with Crippen LogP contribution in [0.3, 0.4) is 0 Å². The molecular weight excluding hydrogens is 424 g/mol. The van der Waals surface area contributed by atoms with E-state index in [9.17, 15) is 15.0 Å². The number of hydrogen-bond acceptors (Lipinski definition) is 5. The van der Waals surface area contributed by atoms with Gasteiger partial charge < -0.3 is 20.0 Å². The number of benzene rings is 2. The van der Waals surface area contributed by atoms with Gasteiger partial charge in [-0.2, -0.15) is 0 Å². The molecule has 2 N–H and O–H groups in total. The highest BCUT2D eigenvalue weighted by atomic mass is 16.3. The summed E-state index contributed by atoms with van der Waals surface area (Å²) >= 11 is 0. The van der Waals surface area contributed by atoms with Crippen molar-refractivity contribution in [2.75, 3.05) is 22.9 Å². The summed E-state index contributed by atoms with van der Waals surface area (Å²) in [5, 5.41) is 22.0. The zero-order valence-corrected chi connectivity index (χ0v) is 19.5. The van der Waals surface area contributed by atoms with E-state index in [1.54, 1.807) is 0 Å². The molecule has 1 saturated carbocycles. The Morgan fingerprint density at radius 1 is 0.765 bits per heavy atom. The van der Waals surface area contributed by atoms with Crippen LogP contribution in [0, 0.1) is 11.8 Å². The fourth-order valence-electron chi connectivity index (χ4n) is 5.29. The van der Waals surface area contributed by atoms with Crippen LogP contribution in [0.2, 0.25) is 0 Å². The third-order valence-corrected chi connectivity index (χ3v) is 7.04. The van der Waals surface area contributed by atoms with Crippen LogP contribution < -0.4 is 9.80 Å². The topological polar surface area (TPSA) is 64.0 Å². The molecule has 0 spiro atoms. The van der Waals surface area contributed by atoms with Gasteiger partial charge >= 0.3 is 0 Å². The first-order valence-corrected chi connectivity index (χ1v) is 12.0. The van der Waals surface area contributed by atoms with Gasteiger partial charge in [0, 0.05) is 41.8 Å². The van der Waals surface area contributed by atoms with E-state index >= 15 is 0 Å². The van der Waals surface area contributed by atoms with E-state index in [1.807, 2.05) is 60.7 Å². The zero-order chi connectivity index (χ0) is 23.8. The lowest BCUT2D eigenvalue weighted by molar-refractivity contribution is -0.127. The van der Waals surface area contributed by atoms with E-state index in [1.165, 1.54) is 0 Å². The van der Waals surface area contributed by atoms with Gasteiger partial charge in [0.2, 0.25) is 0 Å². The highest BCUT2D eigenvalue weighted by Crippen LogP contribution is 2.38. The summed E-state index contributed by atoms with van der Waals surface area (Å²) < 4.78 is 0. The molecule has 0 saturated heterocycles. The highest BCUT2D eigenvalue weighted by molar-refractivity contribution is 5.91. The van der Waals surface area contributed by atoms with Gasteiger partial charge in [-0.1, -0.05) is 54.6 Å². The molecule has 2 aromatic rings. The first-order valence-electron chi connectivity index (χ1n) is 12.0. The molecule has 5 rings (SSSR count). The predicted molar refractivity (Wildman–Crippen MR) is 137 cm³/mol. The number of carbonyl (C=O) groups excluding carboxylic acids is 1. The number of likely N-dealkylation sites (N-methyl/N-ethyl adjacent to an activating group) is 2. The third kappa shape index (κ3) is 3.71. The second-order valence-corrected chi connectivity index (χ2v) is 8.90. The maximum atomic E-state index is 13.1. The van der Waals surface area contributed by atoms with Crippen molar-refractivity contribution >= 4 is 29.3 Å². The van der Waals surface area contributed by atoms with Crippen molar-refractivity contribution < 1.29 is 15.0 Å². The number of anilines is 2. The summed E-state index contributed by atoms with van der Waals surface area (Å²) in [6.07, 6.45) is 9.44. The number of carbonyl (C=O) groups is 1. The Balaban J connectivity index is 1.46. The second kappa shape index (κ2) is 9.09. The van der Waals surface area contributed by atoms with Gasteiger partial charge in [-0.15, -0.1) is 0 Å². The number of Topliss-reactive ketones (excluding diaryl/α,β-unsaturated/α-hetero) is 1. The number of aliphatic hydroxyl groups is 2. The van der Waals surface area contributed by atoms with Gasteiger partial charge in [0.1, 0.15) is 6.10 Å². The summed E-state index contributed by atoms with van der Waals surface area (Å²) in [5.41, 5.74) is 6.13. The zero-order valence-electron chi connectivity index (χ0n) is 19.5. The standard InChI is InChI=1S/C29H30N2O3/c1-3-30-21(15-13-19-9-5-7-11-25(19)30)17-23-27(32)24(29(34)28(23)33)18-22-16-14-20-10-6-8-12-26(20)31(22)4-2/h5-18,23-24,27-28,32-33H,3-4H2,1-2H3/b21-17+,22-18+. The molecule has 3 aliphatic rings. The summed E-state index contributed by atoms with van der Waals surface area (Å²) in [4.78, 5) is 17.3. The van der Waals surface area contributed by atoms with Crippen LogP contribution in [0.15, 0.2) is 84.2 Å². The third-order valence-electron chi connectivity index (χ3n) is 7.04. The average molecular weight is 455 g/mol. The number of rotatable bonds is 4. The van der Waals surface area contributed by atoms with E-state index in [2.05, 4.69) is 47.9 Å². The molecule has 34 heavy (non-hydrogen) atoms. The van der Waals surface area contributed by atoms with Crippen molar-refractivity contribution in [3.63, 3.8) is 0 Å². The van der Waals surface area contributed by atoms with Crippen molar-refractivity contribution in [3.8, 4) is 0 Å². The minimum Gasteiger partial charge on any atom is -0.391 e. The Hall–Kier alpha value is -3.41. The molecule has 4 unspecified atom stereocenters. The molecule has 5 nitrogen and oxygen atoms in total. The summed E-state index contributed by atoms with van der Waals surface area (Å²) in [5.74, 6) is -1.79. The Bertz CT molecular complexity index is 1230. The van der Waals surface area contributed by atoms with Crippen LogP contribution in [0.5, 0.6) is 0 Å². The number of hydrogen-bond donors (Lipinski definition) is 2. The summed E-state index contributed by atoms with van der Waals surface area (Å²) in [6.45, 7) is 5.60. The number of allylic oxidation sites excluding steroid dienone is 2. The van der Waals surface area contributed by atoms with Crippen molar-refractivity contribution in [2.24, 2.45) is 11.8 Å². The van der Waals surface area contributed by atoms with Gasteiger partial charge in [0.15, 0.2) is 5.78 Å². The average Bonchev–Trinajstić information content (AvgIpc) is 3.06. The maximum absolute atomic E-state index is 13.1. The second-order valence-electron chi connectivity index (χ2n) is 8.90. The van der Waals surface area contributed by atoms with Crippen molar-refractivity contribution in [3.05, 3.63) is 95.4 Å². The van der Waals surface area contributed by atoms with Crippen LogP contribution in [-0.4, -0.2) is 41.3 Å². The van der Waals surface area contributed by atoms with E-state index in [4.69, 9.17) is 0 Å². The minimum absolute atomic E-state index is 0.339. The van der Waals surface area contributed by atoms with E-state index in [0.29, 0.717) is 0 Å². The highest BCUT2D eigenvalue weighted by Gasteiger charge is 2.47. The van der Waals surface area contributed by atoms with Crippen LogP contribution in [0.1, 0.15) is 25.0 Å². The summed E-state index contributed by atoms with van der Waals surface area (Å²) in [7, 11) is 0. The Morgan fingerprint density at radius 2 is 1.26 bits per heavy atom. The fraction of sp³-hybridized carbons (Fsp3) is 0.276. The van der Waals surface area contributed by atoms with Crippen molar-refractivity contribution in [2.45, 2.75) is 26.1 Å². The van der Waals surface area contributed by atoms with Crippen molar-refractivity contribution in [1.82, 2.24) is 0 Å². The lowest BCUT2D eigenvalue weighted by atomic mass is 9.95. The lowest BCUT2D eigenvalue weighted by Gasteiger charge is -2.31. The molecule has 2 aliphatic heterocycles.